The number of pyridine rings is 1. The van der Waals surface area contributed by atoms with Crippen LogP contribution in [0.2, 0.25) is 0 Å². The van der Waals surface area contributed by atoms with Crippen LogP contribution in [0.15, 0.2) is 24.4 Å². The Morgan fingerprint density at radius 3 is 2.32 bits per heavy atom. The predicted octanol–water partition coefficient (Wildman–Crippen LogP) is 1.75. The molecule has 0 aromatic carbocycles. The molecule has 2 heterocycles. The smallest absolute Gasteiger partial charge is 0.328 e. The zero-order valence-electron chi connectivity index (χ0n) is 16.3. The summed E-state index contributed by atoms with van der Waals surface area (Å²) in [7, 11) is 2.87. The summed E-state index contributed by atoms with van der Waals surface area (Å²) >= 11 is 0. The largest absolute Gasteiger partial charge is 0.481 e. The maximum atomic E-state index is 12.4. The summed E-state index contributed by atoms with van der Waals surface area (Å²) in [6.45, 7) is 4.90. The van der Waals surface area contributed by atoms with E-state index in [1.54, 1.807) is 26.8 Å². The zero-order valence-corrected chi connectivity index (χ0v) is 16.3. The van der Waals surface area contributed by atoms with Crippen LogP contribution in [-0.4, -0.2) is 53.2 Å². The van der Waals surface area contributed by atoms with E-state index in [4.69, 9.17) is 18.9 Å². The molecule has 0 aliphatic heterocycles. The highest BCUT2D eigenvalue weighted by Crippen LogP contribution is 2.25. The fourth-order valence-corrected chi connectivity index (χ4v) is 1.99. The number of amides is 1. The van der Waals surface area contributed by atoms with Crippen LogP contribution in [0.4, 0.5) is 0 Å². The SMILES string of the molecule is COc1cc(OC)nc(Oc2cccnc2C(=O)NCC(=O)OC(C)(C)C)n1. The molecular formula is C18H22N4O6. The van der Waals surface area contributed by atoms with E-state index in [1.165, 1.54) is 32.5 Å². The number of nitrogens with zero attached hydrogens (tertiary/aromatic N) is 3. The van der Waals surface area contributed by atoms with Gasteiger partial charge in [0.05, 0.1) is 20.3 Å². The summed E-state index contributed by atoms with van der Waals surface area (Å²) in [5.74, 6) is -0.640. The van der Waals surface area contributed by atoms with Crippen molar-refractivity contribution in [3.05, 3.63) is 30.1 Å². The van der Waals surface area contributed by atoms with Gasteiger partial charge in [-0.3, -0.25) is 9.59 Å². The average molecular weight is 390 g/mol. The molecule has 0 radical (unpaired) electrons. The van der Waals surface area contributed by atoms with Crippen molar-refractivity contribution in [2.45, 2.75) is 26.4 Å². The number of esters is 1. The number of carbonyl (C=O) groups is 2. The van der Waals surface area contributed by atoms with Crippen molar-refractivity contribution in [1.82, 2.24) is 20.3 Å². The van der Waals surface area contributed by atoms with Crippen molar-refractivity contribution in [2.75, 3.05) is 20.8 Å². The van der Waals surface area contributed by atoms with Crippen molar-refractivity contribution < 1.29 is 28.5 Å². The molecule has 2 rings (SSSR count). The summed E-state index contributed by atoms with van der Waals surface area (Å²) in [5, 5.41) is 2.45. The number of hydrogen-bond acceptors (Lipinski definition) is 9. The Balaban J connectivity index is 2.14. The summed E-state index contributed by atoms with van der Waals surface area (Å²) < 4.78 is 20.8. The van der Waals surface area contributed by atoms with Crippen LogP contribution in [0, 0.1) is 0 Å². The standard InChI is InChI=1S/C18H22N4O6/c1-18(2,3)28-14(23)10-20-16(24)15-11(7-6-8-19-15)27-17-21-12(25-4)9-13(22-17)26-5/h6-9H,10H2,1-5H3,(H,20,24). The van der Waals surface area contributed by atoms with Gasteiger partial charge in [-0.25, -0.2) is 4.98 Å². The van der Waals surface area contributed by atoms with E-state index < -0.39 is 17.5 Å². The van der Waals surface area contributed by atoms with Gasteiger partial charge in [0.15, 0.2) is 11.4 Å². The Labute approximate surface area is 162 Å². The molecule has 28 heavy (non-hydrogen) atoms. The van der Waals surface area contributed by atoms with Gasteiger partial charge in [-0.1, -0.05) is 0 Å². The van der Waals surface area contributed by atoms with Crippen LogP contribution >= 0.6 is 0 Å². The Bertz CT molecular complexity index is 828. The van der Waals surface area contributed by atoms with Gasteiger partial charge in [0, 0.05) is 6.20 Å². The zero-order chi connectivity index (χ0) is 20.7. The molecule has 1 N–H and O–H groups in total. The van der Waals surface area contributed by atoms with Gasteiger partial charge in [0.25, 0.3) is 5.91 Å². The van der Waals surface area contributed by atoms with E-state index in [9.17, 15) is 9.59 Å². The molecule has 1 amide bonds. The van der Waals surface area contributed by atoms with Gasteiger partial charge in [-0.2, -0.15) is 9.97 Å². The molecule has 0 bridgehead atoms. The van der Waals surface area contributed by atoms with Crippen molar-refractivity contribution in [3.63, 3.8) is 0 Å². The van der Waals surface area contributed by atoms with Crippen molar-refractivity contribution in [3.8, 4) is 23.5 Å². The Hall–Kier alpha value is -3.43. The molecule has 2 aromatic heterocycles. The number of rotatable bonds is 7. The number of nitrogens with one attached hydrogen (secondary N) is 1. The van der Waals surface area contributed by atoms with Crippen LogP contribution in [-0.2, 0) is 9.53 Å². The number of carbonyl (C=O) groups excluding carboxylic acids is 2. The molecule has 0 atom stereocenters. The maximum absolute atomic E-state index is 12.4. The molecule has 0 fully saturated rings. The molecule has 10 heteroatoms. The second kappa shape index (κ2) is 8.98. The van der Waals surface area contributed by atoms with Crippen LogP contribution < -0.4 is 19.5 Å². The van der Waals surface area contributed by atoms with E-state index in [0.29, 0.717) is 0 Å². The predicted molar refractivity (Wildman–Crippen MR) is 97.6 cm³/mol. The minimum Gasteiger partial charge on any atom is -0.481 e. The normalized spacial score (nSPS) is 10.8. The van der Waals surface area contributed by atoms with Crippen LogP contribution in [0.3, 0.4) is 0 Å². The molecule has 2 aromatic rings. The first kappa shape index (κ1) is 20.9. The van der Waals surface area contributed by atoms with Crippen molar-refractivity contribution >= 4 is 11.9 Å². The van der Waals surface area contributed by atoms with Gasteiger partial charge in [0.2, 0.25) is 11.8 Å². The number of ether oxygens (including phenoxy) is 4. The Morgan fingerprint density at radius 2 is 1.75 bits per heavy atom. The van der Waals surface area contributed by atoms with Crippen LogP contribution in [0.25, 0.3) is 0 Å². The number of aromatic nitrogens is 3. The third kappa shape index (κ3) is 6.08. The van der Waals surface area contributed by atoms with Crippen molar-refractivity contribution in [2.24, 2.45) is 0 Å². The number of hydrogen-bond donors (Lipinski definition) is 1. The second-order valence-electron chi connectivity index (χ2n) is 6.46. The molecule has 0 unspecified atom stereocenters. The maximum Gasteiger partial charge on any atom is 0.328 e. The van der Waals surface area contributed by atoms with Crippen LogP contribution in [0.1, 0.15) is 31.3 Å². The third-order valence-electron chi connectivity index (χ3n) is 3.08. The minimum atomic E-state index is -0.649. The first-order valence-electron chi connectivity index (χ1n) is 8.32. The summed E-state index contributed by atoms with van der Waals surface area (Å²) in [6, 6.07) is 4.48. The lowest BCUT2D eigenvalue weighted by Crippen LogP contribution is -2.35. The Morgan fingerprint density at radius 1 is 1.11 bits per heavy atom. The molecule has 150 valence electrons. The van der Waals surface area contributed by atoms with E-state index in [1.807, 2.05) is 0 Å². The van der Waals surface area contributed by atoms with Gasteiger partial charge in [0.1, 0.15) is 12.1 Å². The third-order valence-corrected chi connectivity index (χ3v) is 3.08. The summed E-state index contributed by atoms with van der Waals surface area (Å²) in [6.07, 6.45) is 1.42. The fourth-order valence-electron chi connectivity index (χ4n) is 1.99. The quantitative estimate of drug-likeness (QED) is 0.705. The van der Waals surface area contributed by atoms with E-state index >= 15 is 0 Å². The molecule has 0 aliphatic carbocycles. The van der Waals surface area contributed by atoms with Gasteiger partial charge < -0.3 is 24.3 Å². The highest BCUT2D eigenvalue weighted by Gasteiger charge is 2.20. The lowest BCUT2D eigenvalue weighted by Gasteiger charge is -2.19. The highest BCUT2D eigenvalue weighted by molar-refractivity contribution is 5.96. The van der Waals surface area contributed by atoms with Gasteiger partial charge >= 0.3 is 12.0 Å². The van der Waals surface area contributed by atoms with E-state index in [2.05, 4.69) is 20.3 Å². The molecule has 0 aliphatic rings. The summed E-state index contributed by atoms with van der Waals surface area (Å²) in [4.78, 5) is 36.3. The van der Waals surface area contributed by atoms with Gasteiger partial charge in [-0.05, 0) is 32.9 Å². The van der Waals surface area contributed by atoms with Crippen molar-refractivity contribution in [1.29, 1.82) is 0 Å². The van der Waals surface area contributed by atoms with Gasteiger partial charge in [-0.15, -0.1) is 0 Å². The summed E-state index contributed by atoms with van der Waals surface area (Å²) in [5.41, 5.74) is -0.694. The minimum absolute atomic E-state index is 0.0450. The lowest BCUT2D eigenvalue weighted by atomic mass is 10.2. The molecule has 0 saturated carbocycles. The average Bonchev–Trinajstić information content (AvgIpc) is 2.64. The fraction of sp³-hybridized carbons (Fsp3) is 0.389. The monoisotopic (exact) mass is 390 g/mol. The second-order valence-corrected chi connectivity index (χ2v) is 6.46. The molecular weight excluding hydrogens is 368 g/mol. The first-order chi connectivity index (χ1) is 13.2. The van der Waals surface area contributed by atoms with E-state index in [-0.39, 0.29) is 35.8 Å². The topological polar surface area (TPSA) is 122 Å². The highest BCUT2D eigenvalue weighted by atomic mass is 16.6. The number of methoxy groups -OCH3 is 2. The molecule has 10 nitrogen and oxygen atoms in total. The lowest BCUT2D eigenvalue weighted by molar-refractivity contribution is -0.153. The Kier molecular flexibility index (Phi) is 6.69. The molecule has 0 spiro atoms. The first-order valence-corrected chi connectivity index (χ1v) is 8.32. The molecule has 0 saturated heterocycles. The van der Waals surface area contributed by atoms with Crippen LogP contribution in [0.5, 0.6) is 23.5 Å². The van der Waals surface area contributed by atoms with E-state index in [0.717, 1.165) is 0 Å².